The van der Waals surface area contributed by atoms with E-state index in [2.05, 4.69) is 44.8 Å². The van der Waals surface area contributed by atoms with Crippen LogP contribution in [0.4, 0.5) is 10.8 Å². The monoisotopic (exact) mass is 488 g/mol. The lowest BCUT2D eigenvalue weighted by Gasteiger charge is -2.30. The largest absolute Gasteiger partial charge is 0.367 e. The first kappa shape index (κ1) is 22.3. The molecule has 3 heterocycles. The van der Waals surface area contributed by atoms with Crippen LogP contribution in [-0.2, 0) is 24.3 Å². The molecule has 2 aromatic heterocycles. The topological polar surface area (TPSA) is 74.3 Å². The minimum absolute atomic E-state index is 0.0529. The molecular formula is C26H24N4O2S2. The van der Waals surface area contributed by atoms with Crippen LogP contribution in [-0.4, -0.2) is 23.3 Å². The SMILES string of the molecule is CC(=O)NCc1ccc(-c2csc(NC(=O)c3ccc(N4CCc5ccccc5C4)cc3)n2)s1. The highest BCUT2D eigenvalue weighted by molar-refractivity contribution is 7.17. The maximum Gasteiger partial charge on any atom is 0.257 e. The number of hydrogen-bond donors (Lipinski definition) is 2. The zero-order valence-corrected chi connectivity index (χ0v) is 20.3. The van der Waals surface area contributed by atoms with E-state index >= 15 is 0 Å². The number of nitrogens with zero attached hydrogens (tertiary/aromatic N) is 2. The van der Waals surface area contributed by atoms with Gasteiger partial charge in [-0.1, -0.05) is 24.3 Å². The van der Waals surface area contributed by atoms with Gasteiger partial charge in [-0.2, -0.15) is 0 Å². The van der Waals surface area contributed by atoms with Crippen LogP contribution < -0.4 is 15.5 Å². The van der Waals surface area contributed by atoms with Crippen molar-refractivity contribution in [3.63, 3.8) is 0 Å². The lowest BCUT2D eigenvalue weighted by atomic mass is 9.99. The van der Waals surface area contributed by atoms with E-state index in [0.29, 0.717) is 17.2 Å². The number of amides is 2. The van der Waals surface area contributed by atoms with Gasteiger partial charge in [0.1, 0.15) is 0 Å². The first-order valence-corrected chi connectivity index (χ1v) is 12.8. The third-order valence-electron chi connectivity index (χ3n) is 5.78. The standard InChI is InChI=1S/C26H24N4O2S2/c1-17(31)27-14-22-10-11-24(34-22)23-16-33-26(28-23)29-25(32)19-6-8-21(9-7-19)30-13-12-18-4-2-3-5-20(18)15-30/h2-11,16H,12-15H2,1H3,(H,27,31)(H,28,29,32). The van der Waals surface area contributed by atoms with E-state index in [1.807, 2.05) is 41.8 Å². The number of carbonyl (C=O) groups is 2. The summed E-state index contributed by atoms with van der Waals surface area (Å²) in [6.07, 6.45) is 1.03. The lowest BCUT2D eigenvalue weighted by molar-refractivity contribution is -0.119. The van der Waals surface area contributed by atoms with Crippen LogP contribution in [0.25, 0.3) is 10.6 Å². The molecule has 5 rings (SSSR count). The number of benzene rings is 2. The molecule has 0 bridgehead atoms. The van der Waals surface area contributed by atoms with Gasteiger partial charge in [-0.15, -0.1) is 22.7 Å². The van der Waals surface area contributed by atoms with Crippen LogP contribution in [0, 0.1) is 0 Å². The molecule has 1 aliphatic heterocycles. The Kier molecular flexibility index (Phi) is 6.42. The quantitative estimate of drug-likeness (QED) is 0.385. The summed E-state index contributed by atoms with van der Waals surface area (Å²) in [4.78, 5) is 32.8. The van der Waals surface area contributed by atoms with Crippen molar-refractivity contribution in [2.45, 2.75) is 26.4 Å². The minimum Gasteiger partial charge on any atom is -0.367 e. The van der Waals surface area contributed by atoms with Crippen molar-refractivity contribution >= 4 is 45.3 Å². The number of fused-ring (bicyclic) bond motifs is 1. The second-order valence-corrected chi connectivity index (χ2v) is 10.2. The number of rotatable bonds is 6. The van der Waals surface area contributed by atoms with E-state index in [9.17, 15) is 9.59 Å². The summed E-state index contributed by atoms with van der Waals surface area (Å²) in [6.45, 7) is 3.87. The van der Waals surface area contributed by atoms with Crippen molar-refractivity contribution in [3.05, 3.63) is 87.6 Å². The Hall–Kier alpha value is -3.49. The first-order chi connectivity index (χ1) is 16.5. The number of anilines is 2. The third-order valence-corrected chi connectivity index (χ3v) is 7.64. The number of carbonyl (C=O) groups excluding carboxylic acids is 2. The average molecular weight is 489 g/mol. The number of nitrogens with one attached hydrogen (secondary N) is 2. The molecule has 0 aliphatic carbocycles. The van der Waals surface area contributed by atoms with E-state index in [4.69, 9.17) is 0 Å². The normalized spacial score (nSPS) is 12.8. The van der Waals surface area contributed by atoms with Gasteiger partial charge in [0.25, 0.3) is 5.91 Å². The molecule has 172 valence electrons. The maximum atomic E-state index is 12.8. The Morgan fingerprint density at radius 2 is 1.82 bits per heavy atom. The summed E-state index contributed by atoms with van der Waals surface area (Å²) in [7, 11) is 0. The molecule has 0 atom stereocenters. The van der Waals surface area contributed by atoms with Crippen LogP contribution in [0.1, 0.15) is 33.3 Å². The fourth-order valence-electron chi connectivity index (χ4n) is 3.98. The predicted octanol–water partition coefficient (Wildman–Crippen LogP) is 5.32. The highest BCUT2D eigenvalue weighted by atomic mass is 32.1. The molecule has 0 saturated carbocycles. The van der Waals surface area contributed by atoms with Gasteiger partial charge in [-0.05, 0) is 53.9 Å². The Bertz CT molecular complexity index is 1330. The number of thiazole rings is 1. The maximum absolute atomic E-state index is 12.8. The fourth-order valence-corrected chi connectivity index (χ4v) is 5.66. The van der Waals surface area contributed by atoms with E-state index in [1.165, 1.54) is 29.4 Å². The van der Waals surface area contributed by atoms with Gasteiger partial charge in [0.05, 0.1) is 17.1 Å². The smallest absolute Gasteiger partial charge is 0.257 e. The Balaban J connectivity index is 1.21. The van der Waals surface area contributed by atoms with Crippen LogP contribution in [0.15, 0.2) is 66.0 Å². The molecule has 6 nitrogen and oxygen atoms in total. The Morgan fingerprint density at radius 3 is 2.62 bits per heavy atom. The van der Waals surface area contributed by atoms with Crippen LogP contribution in [0.2, 0.25) is 0 Å². The second-order valence-electron chi connectivity index (χ2n) is 8.15. The van der Waals surface area contributed by atoms with Crippen LogP contribution >= 0.6 is 22.7 Å². The van der Waals surface area contributed by atoms with Gasteiger partial charge in [-0.25, -0.2) is 4.98 Å². The van der Waals surface area contributed by atoms with E-state index in [0.717, 1.165) is 40.6 Å². The van der Waals surface area contributed by atoms with Gasteiger partial charge < -0.3 is 10.2 Å². The zero-order chi connectivity index (χ0) is 23.5. The van der Waals surface area contributed by atoms with Crippen molar-refractivity contribution < 1.29 is 9.59 Å². The fraction of sp³-hybridized carbons (Fsp3) is 0.192. The van der Waals surface area contributed by atoms with Crippen LogP contribution in [0.5, 0.6) is 0 Å². The van der Waals surface area contributed by atoms with Gasteiger partial charge >= 0.3 is 0 Å². The summed E-state index contributed by atoms with van der Waals surface area (Å²) in [6, 6.07) is 20.3. The second kappa shape index (κ2) is 9.79. The predicted molar refractivity (Wildman–Crippen MR) is 139 cm³/mol. The summed E-state index contributed by atoms with van der Waals surface area (Å²) in [5, 5.41) is 8.20. The first-order valence-electron chi connectivity index (χ1n) is 11.1. The molecule has 0 radical (unpaired) electrons. The number of hydrogen-bond acceptors (Lipinski definition) is 6. The van der Waals surface area contributed by atoms with Crippen molar-refractivity contribution in [3.8, 4) is 10.6 Å². The zero-order valence-electron chi connectivity index (χ0n) is 18.7. The third kappa shape index (κ3) is 5.03. The molecule has 0 fully saturated rings. The number of thiophene rings is 1. The van der Waals surface area contributed by atoms with Crippen molar-refractivity contribution in [2.24, 2.45) is 0 Å². The summed E-state index contributed by atoms with van der Waals surface area (Å²) < 4.78 is 0. The highest BCUT2D eigenvalue weighted by Gasteiger charge is 2.17. The van der Waals surface area contributed by atoms with Gasteiger partial charge in [0, 0.05) is 41.5 Å². The number of aromatic nitrogens is 1. The minimum atomic E-state index is -0.172. The molecule has 0 saturated heterocycles. The Morgan fingerprint density at radius 1 is 1.03 bits per heavy atom. The molecule has 2 amide bonds. The molecule has 8 heteroatoms. The Labute approximate surface area is 206 Å². The molecule has 4 aromatic rings. The molecule has 0 spiro atoms. The van der Waals surface area contributed by atoms with Gasteiger partial charge in [-0.3, -0.25) is 14.9 Å². The summed E-state index contributed by atoms with van der Waals surface area (Å²) >= 11 is 2.98. The van der Waals surface area contributed by atoms with E-state index < -0.39 is 0 Å². The molecule has 2 aromatic carbocycles. The average Bonchev–Trinajstić information content (AvgIpc) is 3.52. The lowest BCUT2D eigenvalue weighted by Crippen LogP contribution is -2.30. The molecular weight excluding hydrogens is 464 g/mol. The van der Waals surface area contributed by atoms with Crippen molar-refractivity contribution in [2.75, 3.05) is 16.8 Å². The van der Waals surface area contributed by atoms with E-state index in [1.54, 1.807) is 11.3 Å². The van der Waals surface area contributed by atoms with Crippen LogP contribution in [0.3, 0.4) is 0 Å². The van der Waals surface area contributed by atoms with E-state index in [-0.39, 0.29) is 11.8 Å². The van der Waals surface area contributed by atoms with Gasteiger partial charge in [0.15, 0.2) is 5.13 Å². The summed E-state index contributed by atoms with van der Waals surface area (Å²) in [5.74, 6) is -0.225. The van der Waals surface area contributed by atoms with Crippen molar-refractivity contribution in [1.82, 2.24) is 10.3 Å². The molecule has 2 N–H and O–H groups in total. The summed E-state index contributed by atoms with van der Waals surface area (Å²) in [5.41, 5.74) is 5.33. The van der Waals surface area contributed by atoms with Gasteiger partial charge in [0.2, 0.25) is 5.91 Å². The molecule has 34 heavy (non-hydrogen) atoms. The van der Waals surface area contributed by atoms with Crippen molar-refractivity contribution in [1.29, 1.82) is 0 Å². The highest BCUT2D eigenvalue weighted by Crippen LogP contribution is 2.31. The molecule has 1 aliphatic rings. The molecule has 0 unspecified atom stereocenters.